The average Bonchev–Trinajstić information content (AvgIpc) is 2.54. The van der Waals surface area contributed by atoms with E-state index in [9.17, 15) is 0 Å². The summed E-state index contributed by atoms with van der Waals surface area (Å²) in [6, 6.07) is 17.3. The lowest BCUT2D eigenvalue weighted by Crippen LogP contribution is -1.93. The summed E-state index contributed by atoms with van der Waals surface area (Å²) in [5.41, 5.74) is 12.0. The van der Waals surface area contributed by atoms with E-state index in [0.29, 0.717) is 0 Å². The van der Waals surface area contributed by atoms with Gasteiger partial charge in [-0.2, -0.15) is 0 Å². The molecule has 0 spiro atoms. The molecule has 0 aliphatic heterocycles. The van der Waals surface area contributed by atoms with Crippen molar-refractivity contribution in [3.05, 3.63) is 83.6 Å². The Kier molecular flexibility index (Phi) is 5.39. The van der Waals surface area contributed by atoms with Crippen molar-refractivity contribution in [2.75, 3.05) is 0 Å². The van der Waals surface area contributed by atoms with Crippen molar-refractivity contribution in [2.24, 2.45) is 5.73 Å². The summed E-state index contributed by atoms with van der Waals surface area (Å²) < 4.78 is 0. The van der Waals surface area contributed by atoms with Gasteiger partial charge < -0.3 is 5.73 Å². The first kappa shape index (κ1) is 15.1. The van der Waals surface area contributed by atoms with E-state index >= 15 is 0 Å². The second kappa shape index (κ2) is 7.49. The summed E-state index contributed by atoms with van der Waals surface area (Å²) in [4.78, 5) is 0. The molecule has 0 unspecified atom stereocenters. The minimum absolute atomic E-state index is 0.944. The fraction of sp³-hybridized carbons (Fsp3) is 0.200. The van der Waals surface area contributed by atoms with Crippen LogP contribution in [0.25, 0.3) is 11.1 Å². The fourth-order valence-electron chi connectivity index (χ4n) is 2.46. The SMILES string of the molecule is CCc1ccc(-c2ccccc2)cc1C/C=C(C)\C=C/N. The third kappa shape index (κ3) is 4.09. The molecule has 2 rings (SSSR count). The van der Waals surface area contributed by atoms with E-state index in [-0.39, 0.29) is 0 Å². The first-order valence-electron chi connectivity index (χ1n) is 7.47. The monoisotopic (exact) mass is 277 g/mol. The van der Waals surface area contributed by atoms with Crippen molar-refractivity contribution in [3.63, 3.8) is 0 Å². The zero-order valence-corrected chi connectivity index (χ0v) is 12.8. The molecule has 0 saturated carbocycles. The van der Waals surface area contributed by atoms with Gasteiger partial charge in [0.15, 0.2) is 0 Å². The summed E-state index contributed by atoms with van der Waals surface area (Å²) in [5, 5.41) is 0. The average molecular weight is 277 g/mol. The van der Waals surface area contributed by atoms with Gasteiger partial charge in [-0.05, 0) is 54.3 Å². The molecule has 0 bridgehead atoms. The van der Waals surface area contributed by atoms with E-state index in [1.165, 1.54) is 27.8 Å². The Morgan fingerprint density at radius 1 is 1.00 bits per heavy atom. The molecular weight excluding hydrogens is 254 g/mol. The highest BCUT2D eigenvalue weighted by molar-refractivity contribution is 5.65. The lowest BCUT2D eigenvalue weighted by molar-refractivity contribution is 1.07. The zero-order valence-electron chi connectivity index (χ0n) is 12.8. The summed E-state index contributed by atoms with van der Waals surface area (Å²) in [6.07, 6.45) is 7.76. The first-order chi connectivity index (χ1) is 10.2. The van der Waals surface area contributed by atoms with Gasteiger partial charge in [-0.1, -0.05) is 67.1 Å². The quantitative estimate of drug-likeness (QED) is 0.775. The minimum Gasteiger partial charge on any atom is -0.405 e. The van der Waals surface area contributed by atoms with Crippen molar-refractivity contribution >= 4 is 0 Å². The van der Waals surface area contributed by atoms with Crippen LogP contribution in [0.3, 0.4) is 0 Å². The summed E-state index contributed by atoms with van der Waals surface area (Å²) >= 11 is 0. The van der Waals surface area contributed by atoms with E-state index < -0.39 is 0 Å². The second-order valence-corrected chi connectivity index (χ2v) is 5.21. The second-order valence-electron chi connectivity index (χ2n) is 5.21. The lowest BCUT2D eigenvalue weighted by atomic mass is 9.95. The van der Waals surface area contributed by atoms with Crippen LogP contribution in [0.1, 0.15) is 25.0 Å². The van der Waals surface area contributed by atoms with Crippen LogP contribution in [0, 0.1) is 0 Å². The molecule has 0 fully saturated rings. The molecule has 1 nitrogen and oxygen atoms in total. The highest BCUT2D eigenvalue weighted by Gasteiger charge is 2.03. The molecule has 0 radical (unpaired) electrons. The van der Waals surface area contributed by atoms with Crippen molar-refractivity contribution < 1.29 is 0 Å². The molecule has 0 aromatic heterocycles. The maximum absolute atomic E-state index is 5.43. The molecule has 0 saturated heterocycles. The largest absolute Gasteiger partial charge is 0.405 e. The maximum atomic E-state index is 5.43. The Morgan fingerprint density at radius 3 is 2.43 bits per heavy atom. The smallest absolute Gasteiger partial charge is 0.00598 e. The number of benzene rings is 2. The van der Waals surface area contributed by atoms with E-state index in [1.807, 2.05) is 6.08 Å². The number of hydrogen-bond acceptors (Lipinski definition) is 1. The van der Waals surface area contributed by atoms with Gasteiger partial charge in [-0.3, -0.25) is 0 Å². The van der Waals surface area contributed by atoms with Gasteiger partial charge in [0, 0.05) is 0 Å². The Bertz CT molecular complexity index is 636. The number of hydrogen-bond donors (Lipinski definition) is 1. The molecule has 2 N–H and O–H groups in total. The Balaban J connectivity index is 2.33. The molecule has 0 aliphatic rings. The maximum Gasteiger partial charge on any atom is -0.00598 e. The first-order valence-corrected chi connectivity index (χ1v) is 7.47. The lowest BCUT2D eigenvalue weighted by Gasteiger charge is -2.10. The number of aryl methyl sites for hydroxylation is 1. The van der Waals surface area contributed by atoms with Gasteiger partial charge in [-0.25, -0.2) is 0 Å². The Hall–Kier alpha value is -2.28. The highest BCUT2D eigenvalue weighted by atomic mass is 14.5. The van der Waals surface area contributed by atoms with Gasteiger partial charge in [-0.15, -0.1) is 0 Å². The molecular formula is C20H23N. The van der Waals surface area contributed by atoms with Crippen LogP contribution in [-0.2, 0) is 12.8 Å². The fourth-order valence-corrected chi connectivity index (χ4v) is 2.46. The van der Waals surface area contributed by atoms with Gasteiger partial charge in [0.2, 0.25) is 0 Å². The molecule has 0 atom stereocenters. The molecule has 1 heteroatoms. The minimum atomic E-state index is 0.944. The van der Waals surface area contributed by atoms with Gasteiger partial charge in [0.1, 0.15) is 0 Å². The van der Waals surface area contributed by atoms with Gasteiger partial charge in [0.05, 0.1) is 0 Å². The van der Waals surface area contributed by atoms with Crippen LogP contribution >= 0.6 is 0 Å². The summed E-state index contributed by atoms with van der Waals surface area (Å²) in [5.74, 6) is 0. The van der Waals surface area contributed by atoms with E-state index in [1.54, 1.807) is 6.20 Å². The van der Waals surface area contributed by atoms with Crippen LogP contribution in [0.15, 0.2) is 72.5 Å². The molecule has 0 aliphatic carbocycles. The van der Waals surface area contributed by atoms with Crippen LogP contribution < -0.4 is 5.73 Å². The third-order valence-corrected chi connectivity index (χ3v) is 3.70. The van der Waals surface area contributed by atoms with Crippen molar-refractivity contribution in [2.45, 2.75) is 26.7 Å². The molecule has 21 heavy (non-hydrogen) atoms. The van der Waals surface area contributed by atoms with E-state index in [4.69, 9.17) is 5.73 Å². The molecule has 2 aromatic carbocycles. The van der Waals surface area contributed by atoms with Crippen molar-refractivity contribution in [3.8, 4) is 11.1 Å². The highest BCUT2D eigenvalue weighted by Crippen LogP contribution is 2.23. The summed E-state index contributed by atoms with van der Waals surface area (Å²) in [7, 11) is 0. The molecule has 0 amide bonds. The van der Waals surface area contributed by atoms with Crippen molar-refractivity contribution in [1.29, 1.82) is 0 Å². The number of rotatable bonds is 5. The van der Waals surface area contributed by atoms with E-state index in [2.05, 4.69) is 68.5 Å². The van der Waals surface area contributed by atoms with E-state index in [0.717, 1.165) is 12.8 Å². The molecule has 0 heterocycles. The third-order valence-electron chi connectivity index (χ3n) is 3.70. The topological polar surface area (TPSA) is 26.0 Å². The van der Waals surface area contributed by atoms with Gasteiger partial charge in [0.25, 0.3) is 0 Å². The van der Waals surface area contributed by atoms with Crippen LogP contribution in [0.5, 0.6) is 0 Å². The standard InChI is InChI=1S/C20H23N/c1-3-17-11-12-20(18-7-5-4-6-8-18)15-19(17)10-9-16(2)13-14-21/h4-9,11-15H,3,10,21H2,1-2H3/b14-13-,16-9-. The number of allylic oxidation sites excluding steroid dienone is 3. The zero-order chi connectivity index (χ0) is 15.1. The van der Waals surface area contributed by atoms with Crippen molar-refractivity contribution in [1.82, 2.24) is 0 Å². The summed E-state index contributed by atoms with van der Waals surface area (Å²) in [6.45, 7) is 4.29. The van der Waals surface area contributed by atoms with Crippen LogP contribution in [0.4, 0.5) is 0 Å². The van der Waals surface area contributed by atoms with Crippen LogP contribution in [0.2, 0.25) is 0 Å². The Labute approximate surface area is 127 Å². The normalized spacial score (nSPS) is 12.0. The molecule has 108 valence electrons. The predicted octanol–water partition coefficient (Wildman–Crippen LogP) is 4.88. The predicted molar refractivity (Wildman–Crippen MR) is 92.0 cm³/mol. The Morgan fingerprint density at radius 2 is 1.76 bits per heavy atom. The number of nitrogens with two attached hydrogens (primary N) is 1. The molecule has 2 aromatic rings. The van der Waals surface area contributed by atoms with Gasteiger partial charge >= 0.3 is 0 Å². The van der Waals surface area contributed by atoms with Crippen LogP contribution in [-0.4, -0.2) is 0 Å².